The highest BCUT2D eigenvalue weighted by atomic mass is 32.1. The summed E-state index contributed by atoms with van der Waals surface area (Å²) in [6.07, 6.45) is 12.2. The maximum atomic E-state index is 5.88. The molecule has 2 aromatic rings. The number of rotatable bonds is 15. The third-order valence-corrected chi connectivity index (χ3v) is 6.74. The van der Waals surface area contributed by atoms with Gasteiger partial charge in [-0.1, -0.05) is 63.4 Å². The Morgan fingerprint density at radius 2 is 1.77 bits per heavy atom. The van der Waals surface area contributed by atoms with Gasteiger partial charge in [0.15, 0.2) is 0 Å². The highest BCUT2D eigenvalue weighted by molar-refractivity contribution is 7.85. The van der Waals surface area contributed by atoms with E-state index in [1.54, 1.807) is 19.3 Å². The van der Waals surface area contributed by atoms with Gasteiger partial charge < -0.3 is 15.0 Å². The summed E-state index contributed by atoms with van der Waals surface area (Å²) in [6.45, 7) is 21.9. The normalized spacial score (nSPS) is 12.9. The molecule has 6 heteroatoms. The average Bonchev–Trinajstić information content (AvgIpc) is 3.02. The lowest BCUT2D eigenvalue weighted by molar-refractivity contribution is 0.444. The zero-order valence-corrected chi connectivity index (χ0v) is 28.2. The van der Waals surface area contributed by atoms with Crippen LogP contribution in [0.1, 0.15) is 57.7 Å². The lowest BCUT2D eigenvalue weighted by Crippen LogP contribution is -2.22. The van der Waals surface area contributed by atoms with E-state index in [2.05, 4.69) is 80.1 Å². The van der Waals surface area contributed by atoms with Gasteiger partial charge in [0.1, 0.15) is 11.5 Å². The zero-order valence-electron chi connectivity index (χ0n) is 27.3. The summed E-state index contributed by atoms with van der Waals surface area (Å²) < 4.78 is 5.88. The van der Waals surface area contributed by atoms with Crippen molar-refractivity contribution in [3.05, 3.63) is 131 Å². The minimum atomic E-state index is 0.699. The summed E-state index contributed by atoms with van der Waals surface area (Å²) in [6, 6.07) is 16.2. The highest BCUT2D eigenvalue weighted by Crippen LogP contribution is 2.22. The van der Waals surface area contributed by atoms with Crippen molar-refractivity contribution in [1.29, 1.82) is 0 Å². The van der Waals surface area contributed by atoms with Gasteiger partial charge in [-0.2, -0.15) is 0 Å². The van der Waals surface area contributed by atoms with Crippen molar-refractivity contribution in [2.24, 2.45) is 9.98 Å². The van der Waals surface area contributed by atoms with Crippen LogP contribution >= 0.6 is 12.6 Å². The van der Waals surface area contributed by atoms with Crippen LogP contribution < -0.4 is 10.1 Å². The highest BCUT2D eigenvalue weighted by Gasteiger charge is 2.08. The molecule has 0 spiro atoms. The first-order valence-electron chi connectivity index (χ1n) is 14.7. The Balaban J connectivity index is 0.00000452. The Hall–Kier alpha value is -4.03. The average molecular weight is 599 g/mol. The fraction of sp³-hybridized carbons (Fsp3) is 0.297. The van der Waals surface area contributed by atoms with Crippen LogP contribution in [0.5, 0.6) is 5.75 Å². The number of nitrogens with zero attached hydrogens (tertiary/aromatic N) is 3. The third kappa shape index (κ3) is 13.2. The maximum absolute atomic E-state index is 5.88. The Kier molecular flexibility index (Phi) is 17.9. The van der Waals surface area contributed by atoms with E-state index in [1.165, 1.54) is 5.56 Å². The number of benzene rings is 2. The first-order valence-corrected chi connectivity index (χ1v) is 15.2. The second-order valence-electron chi connectivity index (χ2n) is 9.57. The van der Waals surface area contributed by atoms with Gasteiger partial charge in [0.2, 0.25) is 0 Å². The lowest BCUT2D eigenvalue weighted by atomic mass is 10.0. The summed E-state index contributed by atoms with van der Waals surface area (Å²) in [7, 11) is 3.80. The van der Waals surface area contributed by atoms with Gasteiger partial charge in [0.05, 0.1) is 11.4 Å². The molecule has 0 aliphatic heterocycles. The van der Waals surface area contributed by atoms with Crippen LogP contribution in [0, 0.1) is 6.92 Å². The third-order valence-electron chi connectivity index (χ3n) is 6.30. The summed E-state index contributed by atoms with van der Waals surface area (Å²) in [5.74, 6) is 1.46. The minimum Gasteiger partial charge on any atom is -0.457 e. The van der Waals surface area contributed by atoms with Crippen LogP contribution in [0.4, 0.5) is 0 Å². The van der Waals surface area contributed by atoms with Crippen molar-refractivity contribution in [2.45, 2.75) is 48.0 Å². The molecule has 0 aromatic heterocycles. The summed E-state index contributed by atoms with van der Waals surface area (Å²) in [4.78, 5) is 11.9. The molecule has 0 radical (unpaired) electrons. The second kappa shape index (κ2) is 20.8. The van der Waals surface area contributed by atoms with E-state index < -0.39 is 0 Å². The summed E-state index contributed by atoms with van der Waals surface area (Å²) in [5, 5.41) is 3.54. The number of aliphatic imine (C=N–C) groups is 2. The van der Waals surface area contributed by atoms with E-state index in [9.17, 15) is 0 Å². The molecule has 2 rings (SSSR count). The smallest absolute Gasteiger partial charge is 0.127 e. The van der Waals surface area contributed by atoms with Crippen LogP contribution in [0.3, 0.4) is 0 Å². The van der Waals surface area contributed by atoms with Gasteiger partial charge in [-0.05, 0) is 87.7 Å². The molecule has 230 valence electrons. The number of hydrogen-bond acceptors (Lipinski definition) is 6. The van der Waals surface area contributed by atoms with Gasteiger partial charge in [0, 0.05) is 55.3 Å². The molecular formula is C37H50N4OS. The van der Waals surface area contributed by atoms with Crippen molar-refractivity contribution in [2.75, 3.05) is 27.2 Å². The minimum absolute atomic E-state index is 0.699. The number of allylic oxidation sites excluding steroid dienone is 8. The van der Waals surface area contributed by atoms with Crippen LogP contribution in [0.25, 0.3) is 5.70 Å². The molecule has 43 heavy (non-hydrogen) atoms. The number of thiol groups is 1. The van der Waals surface area contributed by atoms with Gasteiger partial charge in [-0.25, -0.2) is 0 Å². The van der Waals surface area contributed by atoms with Gasteiger partial charge in [0.25, 0.3) is 0 Å². The van der Waals surface area contributed by atoms with Gasteiger partial charge in [-0.15, -0.1) is 12.6 Å². The maximum Gasteiger partial charge on any atom is 0.127 e. The fourth-order valence-corrected chi connectivity index (χ4v) is 4.05. The SMILES string of the molecule is C=C/C(=C\C=C/C)Oc1ccc(C(=C)N(C)CCCN/C(C)=C/C(=N/C(C)=C(\S)C=NC)c2ccccc2C)cc1.CC. The summed E-state index contributed by atoms with van der Waals surface area (Å²) in [5.41, 5.74) is 7.02. The van der Waals surface area contributed by atoms with E-state index in [0.717, 1.165) is 64.1 Å². The Morgan fingerprint density at radius 1 is 1.09 bits per heavy atom. The standard InChI is InChI=1S/C35H44N4OS.C2H6/c1-9-11-16-31(10-2)40-32-20-18-30(19-21-32)29(6)39(8)23-14-22-37-27(4)24-34(33-17-13-12-15-26(33)3)38-28(5)35(41)25-36-7;1-2/h9-13,15-21,24-25,37,41H,2,6,14,22-23H2,1,3-5,7-8H3;1-2H3/b11-9-,27-24+,31-16+,35-28-,36-25?,38-34-;. The topological polar surface area (TPSA) is 49.2 Å². The first kappa shape index (κ1) is 37.0. The second-order valence-corrected chi connectivity index (χ2v) is 10.1. The van der Waals surface area contributed by atoms with E-state index >= 15 is 0 Å². The van der Waals surface area contributed by atoms with Crippen molar-refractivity contribution >= 4 is 30.3 Å². The molecule has 1 N–H and O–H groups in total. The first-order chi connectivity index (χ1) is 20.7. The quantitative estimate of drug-likeness (QED) is 0.0706. The Morgan fingerprint density at radius 3 is 2.37 bits per heavy atom. The van der Waals surface area contributed by atoms with E-state index in [0.29, 0.717) is 5.76 Å². The molecule has 0 heterocycles. The fourth-order valence-electron chi connectivity index (χ4n) is 3.88. The van der Waals surface area contributed by atoms with E-state index in [4.69, 9.17) is 9.73 Å². The van der Waals surface area contributed by atoms with Crippen molar-refractivity contribution in [1.82, 2.24) is 10.2 Å². The molecule has 0 atom stereocenters. The zero-order chi connectivity index (χ0) is 32.2. The number of ether oxygens (including phenoxy) is 1. The van der Waals surface area contributed by atoms with Crippen molar-refractivity contribution in [3.63, 3.8) is 0 Å². The van der Waals surface area contributed by atoms with Gasteiger partial charge in [-0.3, -0.25) is 9.98 Å². The Bertz CT molecular complexity index is 1360. The van der Waals surface area contributed by atoms with Crippen LogP contribution in [0.2, 0.25) is 0 Å². The summed E-state index contributed by atoms with van der Waals surface area (Å²) >= 11 is 4.53. The van der Waals surface area contributed by atoms with Crippen LogP contribution in [-0.4, -0.2) is 44.0 Å². The van der Waals surface area contributed by atoms with Crippen molar-refractivity contribution < 1.29 is 4.74 Å². The molecular weight excluding hydrogens is 549 g/mol. The van der Waals surface area contributed by atoms with Crippen LogP contribution in [0.15, 0.2) is 124 Å². The molecule has 0 aliphatic rings. The van der Waals surface area contributed by atoms with E-state index in [-0.39, 0.29) is 0 Å². The molecule has 0 saturated carbocycles. The predicted octanol–water partition coefficient (Wildman–Crippen LogP) is 9.18. The number of aryl methyl sites for hydroxylation is 1. The molecule has 0 saturated heterocycles. The lowest BCUT2D eigenvalue weighted by Gasteiger charge is -2.22. The molecule has 0 unspecified atom stereocenters. The van der Waals surface area contributed by atoms with E-state index in [1.807, 2.05) is 82.3 Å². The largest absolute Gasteiger partial charge is 0.457 e. The number of nitrogens with one attached hydrogen (secondary N) is 1. The number of hydrogen-bond donors (Lipinski definition) is 2. The molecule has 0 amide bonds. The van der Waals surface area contributed by atoms with Crippen molar-refractivity contribution in [3.8, 4) is 5.75 Å². The molecule has 0 bridgehead atoms. The Labute approximate surface area is 266 Å². The monoisotopic (exact) mass is 598 g/mol. The molecule has 0 aliphatic carbocycles. The predicted molar refractivity (Wildman–Crippen MR) is 193 cm³/mol. The molecule has 0 fully saturated rings. The van der Waals surface area contributed by atoms with Crippen LogP contribution in [-0.2, 0) is 0 Å². The molecule has 2 aromatic carbocycles. The van der Waals surface area contributed by atoms with Gasteiger partial charge >= 0.3 is 0 Å². The molecule has 5 nitrogen and oxygen atoms in total.